The molecule has 30 heavy (non-hydrogen) atoms. The first kappa shape index (κ1) is 21.4. The molecule has 1 fully saturated rings. The van der Waals surface area contributed by atoms with E-state index in [2.05, 4.69) is 5.32 Å². The predicted octanol–water partition coefficient (Wildman–Crippen LogP) is 2.79. The van der Waals surface area contributed by atoms with Gasteiger partial charge in [-0.05, 0) is 51.5 Å². The zero-order chi connectivity index (χ0) is 22.2. The van der Waals surface area contributed by atoms with Crippen LogP contribution in [0.15, 0.2) is 24.3 Å². The Morgan fingerprint density at radius 2 is 1.77 bits per heavy atom. The largest absolute Gasteiger partial charge is 0.493 e. The number of imide groups is 1. The minimum Gasteiger partial charge on any atom is -0.493 e. The number of nitrogens with one attached hydrogen (secondary N) is 1. The van der Waals surface area contributed by atoms with Crippen molar-refractivity contribution in [3.05, 3.63) is 46.8 Å². The lowest BCUT2D eigenvalue weighted by Gasteiger charge is -2.23. The van der Waals surface area contributed by atoms with E-state index < -0.39 is 17.5 Å². The first-order chi connectivity index (χ1) is 14.2. The highest BCUT2D eigenvalue weighted by Gasteiger charge is 2.49. The number of hydrogen-bond donors (Lipinski definition) is 1. The highest BCUT2D eigenvalue weighted by molar-refractivity contribution is 6.11. The molecule has 1 aromatic heterocycles. The molecule has 1 unspecified atom stereocenters. The van der Waals surface area contributed by atoms with Crippen LogP contribution in [0, 0.1) is 13.8 Å². The number of aromatic nitrogens is 1. The molecule has 0 aliphatic carbocycles. The van der Waals surface area contributed by atoms with Gasteiger partial charge in [-0.15, -0.1) is 0 Å². The third kappa shape index (κ3) is 3.32. The van der Waals surface area contributed by atoms with E-state index in [-0.39, 0.29) is 12.3 Å². The molecule has 1 N–H and O–H groups in total. The molecule has 2 heterocycles. The van der Waals surface area contributed by atoms with Crippen molar-refractivity contribution in [1.29, 1.82) is 0 Å². The maximum absolute atomic E-state index is 13.2. The number of Topliss-reactive ketones (excluding diaryl/α,β-unsaturated/α-hetero) is 1. The second-order valence-electron chi connectivity index (χ2n) is 7.47. The van der Waals surface area contributed by atoms with Gasteiger partial charge < -0.3 is 19.4 Å². The maximum atomic E-state index is 13.2. The minimum absolute atomic E-state index is 0.275. The minimum atomic E-state index is -1.31. The van der Waals surface area contributed by atoms with Gasteiger partial charge in [0.2, 0.25) is 0 Å². The summed E-state index contributed by atoms with van der Waals surface area (Å²) in [5.74, 6) is 0.194. The molecule has 8 nitrogen and oxygen atoms in total. The third-order valence-electron chi connectivity index (χ3n) is 5.73. The predicted molar refractivity (Wildman–Crippen MR) is 111 cm³/mol. The van der Waals surface area contributed by atoms with Crippen LogP contribution in [0.25, 0.3) is 0 Å². The van der Waals surface area contributed by atoms with Crippen LogP contribution in [0.4, 0.5) is 4.79 Å². The smallest absolute Gasteiger partial charge is 0.325 e. The van der Waals surface area contributed by atoms with Crippen molar-refractivity contribution < 1.29 is 23.9 Å². The number of benzene rings is 1. The fraction of sp³-hybridized carbons (Fsp3) is 0.409. The van der Waals surface area contributed by atoms with Gasteiger partial charge in [-0.3, -0.25) is 14.5 Å². The molecule has 1 saturated heterocycles. The van der Waals surface area contributed by atoms with E-state index in [1.807, 2.05) is 25.3 Å². The number of carbonyl (C=O) groups excluding carboxylic acids is 3. The van der Waals surface area contributed by atoms with E-state index in [0.717, 1.165) is 22.8 Å². The van der Waals surface area contributed by atoms with Crippen molar-refractivity contribution in [3.63, 3.8) is 0 Å². The second kappa shape index (κ2) is 7.85. The number of hydrogen-bond acceptors (Lipinski definition) is 5. The van der Waals surface area contributed by atoms with Crippen LogP contribution in [0.2, 0.25) is 0 Å². The van der Waals surface area contributed by atoms with Gasteiger partial charge in [0.15, 0.2) is 17.3 Å². The molecule has 160 valence electrons. The van der Waals surface area contributed by atoms with E-state index in [1.165, 1.54) is 14.2 Å². The molecule has 1 aliphatic heterocycles. The summed E-state index contributed by atoms with van der Waals surface area (Å²) < 4.78 is 12.6. The summed E-state index contributed by atoms with van der Waals surface area (Å²) in [5, 5.41) is 2.72. The molecular formula is C22H27N3O5. The Morgan fingerprint density at radius 3 is 2.33 bits per heavy atom. The molecule has 0 spiro atoms. The molecule has 3 amide bonds. The summed E-state index contributed by atoms with van der Waals surface area (Å²) in [7, 11) is 3.02. The van der Waals surface area contributed by atoms with E-state index >= 15 is 0 Å². The number of aryl methyl sites for hydroxylation is 1. The Morgan fingerprint density at radius 1 is 1.10 bits per heavy atom. The quantitative estimate of drug-likeness (QED) is 0.557. The molecule has 3 rings (SSSR count). The van der Waals surface area contributed by atoms with Gasteiger partial charge in [0, 0.05) is 23.5 Å². The summed E-state index contributed by atoms with van der Waals surface area (Å²) in [5.41, 5.74) is 1.55. The Kier molecular flexibility index (Phi) is 5.61. The van der Waals surface area contributed by atoms with E-state index in [9.17, 15) is 14.4 Å². The number of amides is 3. The molecule has 0 radical (unpaired) electrons. The van der Waals surface area contributed by atoms with Crippen LogP contribution in [-0.2, 0) is 16.9 Å². The molecule has 0 saturated carbocycles. The van der Waals surface area contributed by atoms with Crippen LogP contribution >= 0.6 is 0 Å². The van der Waals surface area contributed by atoms with Crippen molar-refractivity contribution in [3.8, 4) is 11.5 Å². The average Bonchev–Trinajstić information content (AvgIpc) is 3.14. The first-order valence-electron chi connectivity index (χ1n) is 9.74. The molecular weight excluding hydrogens is 386 g/mol. The Labute approximate surface area is 175 Å². The maximum Gasteiger partial charge on any atom is 0.325 e. The summed E-state index contributed by atoms with van der Waals surface area (Å²) in [6.07, 6.45) is 0. The number of ether oxygens (including phenoxy) is 2. The SMILES string of the molecule is CCn1c(C)cc(C(=O)CN2C(=O)NC(C)(c3ccc(OC)c(OC)c3)C2=O)c1C. The van der Waals surface area contributed by atoms with Gasteiger partial charge in [0.05, 0.1) is 20.8 Å². The summed E-state index contributed by atoms with van der Waals surface area (Å²) in [6, 6.07) is 6.21. The number of methoxy groups -OCH3 is 2. The lowest BCUT2D eigenvalue weighted by molar-refractivity contribution is -0.130. The molecule has 0 bridgehead atoms. The van der Waals surface area contributed by atoms with Gasteiger partial charge in [0.25, 0.3) is 5.91 Å². The van der Waals surface area contributed by atoms with Crippen LogP contribution in [-0.4, -0.2) is 48.0 Å². The normalized spacial score (nSPS) is 18.5. The van der Waals surface area contributed by atoms with Crippen molar-refractivity contribution in [2.75, 3.05) is 20.8 Å². The lowest BCUT2D eigenvalue weighted by Crippen LogP contribution is -2.41. The number of ketones is 1. The molecule has 1 aromatic carbocycles. The van der Waals surface area contributed by atoms with Crippen LogP contribution in [0.5, 0.6) is 11.5 Å². The van der Waals surface area contributed by atoms with E-state index in [4.69, 9.17) is 9.47 Å². The Hall–Kier alpha value is -3.29. The zero-order valence-corrected chi connectivity index (χ0v) is 18.2. The van der Waals surface area contributed by atoms with E-state index in [0.29, 0.717) is 22.6 Å². The third-order valence-corrected chi connectivity index (χ3v) is 5.73. The van der Waals surface area contributed by atoms with Crippen LogP contribution in [0.1, 0.15) is 41.2 Å². The van der Waals surface area contributed by atoms with Gasteiger partial charge in [0.1, 0.15) is 5.54 Å². The topological polar surface area (TPSA) is 89.9 Å². The van der Waals surface area contributed by atoms with Gasteiger partial charge in [-0.1, -0.05) is 6.07 Å². The monoisotopic (exact) mass is 413 g/mol. The molecule has 8 heteroatoms. The van der Waals surface area contributed by atoms with E-state index in [1.54, 1.807) is 31.2 Å². The second-order valence-corrected chi connectivity index (χ2v) is 7.47. The Bertz CT molecular complexity index is 1030. The zero-order valence-electron chi connectivity index (χ0n) is 18.2. The van der Waals surface area contributed by atoms with Crippen molar-refractivity contribution in [2.45, 2.75) is 39.8 Å². The lowest BCUT2D eigenvalue weighted by atomic mass is 9.91. The number of nitrogens with zero attached hydrogens (tertiary/aromatic N) is 2. The van der Waals surface area contributed by atoms with Gasteiger partial charge in [-0.2, -0.15) is 0 Å². The average molecular weight is 413 g/mol. The van der Waals surface area contributed by atoms with Crippen LogP contribution < -0.4 is 14.8 Å². The van der Waals surface area contributed by atoms with Crippen LogP contribution in [0.3, 0.4) is 0 Å². The summed E-state index contributed by atoms with van der Waals surface area (Å²) >= 11 is 0. The highest BCUT2D eigenvalue weighted by atomic mass is 16.5. The van der Waals surface area contributed by atoms with Crippen molar-refractivity contribution in [1.82, 2.24) is 14.8 Å². The number of rotatable bonds is 7. The Balaban J connectivity index is 1.88. The standard InChI is InChI=1S/C22H27N3O5/c1-7-24-13(2)10-16(14(24)3)17(26)12-25-20(27)22(4,23-21(25)28)15-8-9-18(29-5)19(11-15)30-6/h8-11H,7,12H2,1-6H3,(H,23,28). The first-order valence-corrected chi connectivity index (χ1v) is 9.74. The number of carbonyl (C=O) groups is 3. The highest BCUT2D eigenvalue weighted by Crippen LogP contribution is 2.35. The number of urea groups is 1. The summed E-state index contributed by atoms with van der Waals surface area (Å²) in [6.45, 7) is 7.83. The van der Waals surface area contributed by atoms with Crippen molar-refractivity contribution >= 4 is 17.7 Å². The molecule has 1 atom stereocenters. The summed E-state index contributed by atoms with van der Waals surface area (Å²) in [4.78, 5) is 39.7. The van der Waals surface area contributed by atoms with Crippen molar-refractivity contribution in [2.24, 2.45) is 0 Å². The fourth-order valence-electron chi connectivity index (χ4n) is 3.98. The fourth-order valence-corrected chi connectivity index (χ4v) is 3.98. The van der Waals surface area contributed by atoms with Gasteiger partial charge in [-0.25, -0.2) is 4.79 Å². The van der Waals surface area contributed by atoms with Gasteiger partial charge >= 0.3 is 6.03 Å². The molecule has 1 aliphatic rings. The molecule has 2 aromatic rings.